The number of nitrogens with two attached hydrogens (primary N) is 1. The summed E-state index contributed by atoms with van der Waals surface area (Å²) < 4.78 is 16.2. The SMILES string of the molecule is CCOC(=O)C(C)(N)CC(C)Oc1cccc(OCC)c1. The lowest BCUT2D eigenvalue weighted by molar-refractivity contribution is -0.149. The van der Waals surface area contributed by atoms with Crippen molar-refractivity contribution in [3.8, 4) is 11.5 Å². The van der Waals surface area contributed by atoms with E-state index in [1.807, 2.05) is 38.1 Å². The zero-order valence-corrected chi connectivity index (χ0v) is 13.2. The van der Waals surface area contributed by atoms with Gasteiger partial charge in [0.1, 0.15) is 17.0 Å². The largest absolute Gasteiger partial charge is 0.494 e. The summed E-state index contributed by atoms with van der Waals surface area (Å²) in [6.45, 7) is 8.13. The van der Waals surface area contributed by atoms with Crippen LogP contribution in [-0.2, 0) is 9.53 Å². The molecule has 21 heavy (non-hydrogen) atoms. The molecule has 0 saturated heterocycles. The number of esters is 1. The Labute approximate surface area is 126 Å². The number of hydrogen-bond acceptors (Lipinski definition) is 5. The van der Waals surface area contributed by atoms with Crippen LogP contribution < -0.4 is 15.2 Å². The molecule has 1 rings (SSSR count). The first-order chi connectivity index (χ1) is 9.89. The molecule has 0 spiro atoms. The van der Waals surface area contributed by atoms with Gasteiger partial charge in [0, 0.05) is 12.5 Å². The van der Waals surface area contributed by atoms with Crippen LogP contribution in [0.4, 0.5) is 0 Å². The minimum absolute atomic E-state index is 0.221. The number of hydrogen-bond donors (Lipinski definition) is 1. The highest BCUT2D eigenvalue weighted by molar-refractivity contribution is 5.80. The van der Waals surface area contributed by atoms with Crippen LogP contribution in [0.5, 0.6) is 11.5 Å². The molecule has 2 N–H and O–H groups in total. The standard InChI is InChI=1S/C16H25NO4/c1-5-19-13-8-7-9-14(10-13)21-12(3)11-16(4,17)15(18)20-6-2/h7-10,12H,5-6,11,17H2,1-4H3. The predicted octanol–water partition coefficient (Wildman–Crippen LogP) is 2.52. The van der Waals surface area contributed by atoms with Crippen molar-refractivity contribution < 1.29 is 19.0 Å². The molecule has 118 valence electrons. The van der Waals surface area contributed by atoms with Crippen molar-refractivity contribution >= 4 is 5.97 Å². The van der Waals surface area contributed by atoms with E-state index < -0.39 is 11.5 Å². The topological polar surface area (TPSA) is 70.8 Å². The lowest BCUT2D eigenvalue weighted by Crippen LogP contribution is -2.49. The van der Waals surface area contributed by atoms with E-state index in [0.29, 0.717) is 25.4 Å². The summed E-state index contributed by atoms with van der Waals surface area (Å²) in [6, 6.07) is 7.39. The van der Waals surface area contributed by atoms with Crippen molar-refractivity contribution in [3.63, 3.8) is 0 Å². The maximum absolute atomic E-state index is 11.8. The molecule has 0 bridgehead atoms. The van der Waals surface area contributed by atoms with Gasteiger partial charge < -0.3 is 19.9 Å². The lowest BCUT2D eigenvalue weighted by atomic mass is 9.96. The minimum atomic E-state index is -1.06. The Morgan fingerprint density at radius 1 is 1.29 bits per heavy atom. The summed E-state index contributed by atoms with van der Waals surface area (Å²) in [5.41, 5.74) is 4.94. The third kappa shape index (κ3) is 5.63. The average Bonchev–Trinajstić information content (AvgIpc) is 2.39. The summed E-state index contributed by atoms with van der Waals surface area (Å²) in [4.78, 5) is 11.8. The monoisotopic (exact) mass is 295 g/mol. The van der Waals surface area contributed by atoms with Crippen LogP contribution in [0.2, 0.25) is 0 Å². The van der Waals surface area contributed by atoms with Gasteiger partial charge in [0.05, 0.1) is 19.3 Å². The third-order valence-corrected chi connectivity index (χ3v) is 2.91. The fourth-order valence-electron chi connectivity index (χ4n) is 2.05. The normalized spacial score (nSPS) is 14.9. The number of carbonyl (C=O) groups excluding carboxylic acids is 1. The van der Waals surface area contributed by atoms with Crippen molar-refractivity contribution in [2.24, 2.45) is 5.73 Å². The van der Waals surface area contributed by atoms with E-state index in [1.54, 1.807) is 13.8 Å². The summed E-state index contributed by atoms with van der Waals surface area (Å²) in [5, 5.41) is 0. The van der Waals surface area contributed by atoms with Crippen molar-refractivity contribution in [1.29, 1.82) is 0 Å². The predicted molar refractivity (Wildman–Crippen MR) is 81.5 cm³/mol. The first-order valence-electron chi connectivity index (χ1n) is 7.24. The maximum atomic E-state index is 11.8. The van der Waals surface area contributed by atoms with E-state index in [4.69, 9.17) is 19.9 Å². The van der Waals surface area contributed by atoms with Crippen LogP contribution in [-0.4, -0.2) is 30.8 Å². The molecule has 1 aromatic rings. The smallest absolute Gasteiger partial charge is 0.325 e. The number of ether oxygens (including phenoxy) is 3. The molecule has 0 aliphatic heterocycles. The van der Waals surface area contributed by atoms with Gasteiger partial charge in [-0.1, -0.05) is 6.07 Å². The molecule has 2 unspecified atom stereocenters. The third-order valence-electron chi connectivity index (χ3n) is 2.91. The number of rotatable bonds is 8. The van der Waals surface area contributed by atoms with Crippen molar-refractivity contribution in [3.05, 3.63) is 24.3 Å². The Hall–Kier alpha value is -1.75. The Morgan fingerprint density at radius 2 is 1.95 bits per heavy atom. The molecule has 0 radical (unpaired) electrons. The molecule has 0 aliphatic rings. The van der Waals surface area contributed by atoms with Gasteiger partial charge in [-0.25, -0.2) is 0 Å². The van der Waals surface area contributed by atoms with Gasteiger partial charge in [-0.05, 0) is 39.8 Å². The molecule has 0 heterocycles. The Kier molecular flexibility index (Phi) is 6.49. The lowest BCUT2D eigenvalue weighted by Gasteiger charge is -2.26. The average molecular weight is 295 g/mol. The molecule has 5 nitrogen and oxygen atoms in total. The first-order valence-corrected chi connectivity index (χ1v) is 7.24. The molecule has 0 aliphatic carbocycles. The van der Waals surface area contributed by atoms with E-state index in [-0.39, 0.29) is 6.10 Å². The maximum Gasteiger partial charge on any atom is 0.325 e. The van der Waals surface area contributed by atoms with Gasteiger partial charge in [-0.3, -0.25) is 4.79 Å². The van der Waals surface area contributed by atoms with Gasteiger partial charge in [-0.2, -0.15) is 0 Å². The van der Waals surface area contributed by atoms with E-state index >= 15 is 0 Å². The van der Waals surface area contributed by atoms with Crippen molar-refractivity contribution in [2.75, 3.05) is 13.2 Å². The summed E-state index contributed by atoms with van der Waals surface area (Å²) in [5.74, 6) is 1.03. The minimum Gasteiger partial charge on any atom is -0.494 e. The molecule has 2 atom stereocenters. The molecule has 0 amide bonds. The molecule has 0 fully saturated rings. The fraction of sp³-hybridized carbons (Fsp3) is 0.562. The molecular weight excluding hydrogens is 270 g/mol. The second-order valence-corrected chi connectivity index (χ2v) is 5.18. The quantitative estimate of drug-likeness (QED) is 0.746. The molecule has 0 saturated carbocycles. The fourth-order valence-corrected chi connectivity index (χ4v) is 2.05. The second kappa shape index (κ2) is 7.88. The van der Waals surface area contributed by atoms with E-state index in [1.165, 1.54) is 0 Å². The van der Waals surface area contributed by atoms with Gasteiger partial charge in [-0.15, -0.1) is 0 Å². The molecular formula is C16H25NO4. The number of carbonyl (C=O) groups is 1. The Morgan fingerprint density at radius 3 is 2.57 bits per heavy atom. The van der Waals surface area contributed by atoms with E-state index in [0.717, 1.165) is 5.75 Å². The Bertz CT molecular complexity index is 459. The molecule has 0 aromatic heterocycles. The van der Waals surface area contributed by atoms with Crippen LogP contribution in [0.3, 0.4) is 0 Å². The van der Waals surface area contributed by atoms with E-state index in [2.05, 4.69) is 0 Å². The molecule has 5 heteroatoms. The number of benzene rings is 1. The van der Waals surface area contributed by atoms with Crippen LogP contribution >= 0.6 is 0 Å². The highest BCUT2D eigenvalue weighted by Gasteiger charge is 2.32. The van der Waals surface area contributed by atoms with Gasteiger partial charge in [0.15, 0.2) is 0 Å². The summed E-state index contributed by atoms with van der Waals surface area (Å²) >= 11 is 0. The van der Waals surface area contributed by atoms with Crippen LogP contribution in [0.1, 0.15) is 34.1 Å². The zero-order chi connectivity index (χ0) is 15.9. The van der Waals surface area contributed by atoms with Crippen LogP contribution in [0, 0.1) is 0 Å². The second-order valence-electron chi connectivity index (χ2n) is 5.18. The van der Waals surface area contributed by atoms with Gasteiger partial charge >= 0.3 is 5.97 Å². The molecule has 1 aromatic carbocycles. The highest BCUT2D eigenvalue weighted by atomic mass is 16.5. The zero-order valence-electron chi connectivity index (χ0n) is 13.2. The van der Waals surface area contributed by atoms with Crippen molar-refractivity contribution in [1.82, 2.24) is 0 Å². The highest BCUT2D eigenvalue weighted by Crippen LogP contribution is 2.22. The van der Waals surface area contributed by atoms with E-state index in [9.17, 15) is 4.79 Å². The summed E-state index contributed by atoms with van der Waals surface area (Å²) in [6.07, 6.45) is 0.145. The summed E-state index contributed by atoms with van der Waals surface area (Å²) in [7, 11) is 0. The van der Waals surface area contributed by atoms with Crippen LogP contribution in [0.15, 0.2) is 24.3 Å². The van der Waals surface area contributed by atoms with Crippen LogP contribution in [0.25, 0.3) is 0 Å². The van der Waals surface area contributed by atoms with Gasteiger partial charge in [0.25, 0.3) is 0 Å². The van der Waals surface area contributed by atoms with Crippen molar-refractivity contribution in [2.45, 2.75) is 45.8 Å². The Balaban J connectivity index is 2.62. The van der Waals surface area contributed by atoms with Gasteiger partial charge in [0.2, 0.25) is 0 Å². The first kappa shape index (κ1) is 17.3.